The molecule has 0 radical (unpaired) electrons. The molecule has 0 bridgehead atoms. The number of aromatic nitrogens is 1. The molecule has 1 heterocycles. The summed E-state index contributed by atoms with van der Waals surface area (Å²) in [5, 5.41) is 1.87. The molecule has 0 aliphatic carbocycles. The van der Waals surface area contributed by atoms with Gasteiger partial charge in [0, 0.05) is 28.2 Å². The monoisotopic (exact) mass is 276 g/mol. The molecule has 0 unspecified atom stereocenters. The van der Waals surface area contributed by atoms with Crippen LogP contribution in [-0.4, -0.2) is 24.2 Å². The number of aromatic amines is 1. The van der Waals surface area contributed by atoms with Crippen molar-refractivity contribution in [1.82, 2.24) is 4.98 Å². The van der Waals surface area contributed by atoms with Gasteiger partial charge >= 0.3 is 0 Å². The topological polar surface area (TPSA) is 96.2 Å². The van der Waals surface area contributed by atoms with Crippen LogP contribution in [0.5, 0.6) is 0 Å². The molecular weight excluding hydrogens is 264 g/mol. The third-order valence-electron chi connectivity index (χ3n) is 1.86. The third kappa shape index (κ3) is 5.18. The Morgan fingerprint density at radius 1 is 1.41 bits per heavy atom. The molecule has 1 aromatic carbocycles. The molecular formula is C10H13ClN2O3S. The molecule has 0 saturated heterocycles. The summed E-state index contributed by atoms with van der Waals surface area (Å²) in [7, 11) is -3.67. The zero-order chi connectivity index (χ0) is 13.1. The minimum atomic E-state index is -3.67. The maximum Gasteiger partial charge on any atom is 0.261 e. The number of fused-ring (bicyclic) bond motifs is 1. The Labute approximate surface area is 104 Å². The van der Waals surface area contributed by atoms with Crippen LogP contribution in [0.25, 0.3) is 10.9 Å². The lowest BCUT2D eigenvalue weighted by Gasteiger charge is -1.88. The molecule has 94 valence electrons. The van der Waals surface area contributed by atoms with Crippen LogP contribution >= 0.6 is 11.6 Å². The first-order chi connectivity index (χ1) is 7.79. The average Bonchev–Trinajstić information content (AvgIpc) is 2.57. The molecule has 0 amide bonds. The maximum absolute atomic E-state index is 9.19. The van der Waals surface area contributed by atoms with Crippen molar-refractivity contribution < 1.29 is 13.0 Å². The fraction of sp³-hybridized carbons (Fsp3) is 0.200. The van der Waals surface area contributed by atoms with Crippen molar-refractivity contribution >= 4 is 32.6 Å². The quantitative estimate of drug-likeness (QED) is 0.692. The van der Waals surface area contributed by atoms with Crippen molar-refractivity contribution in [2.75, 3.05) is 6.26 Å². The van der Waals surface area contributed by atoms with Crippen molar-refractivity contribution in [1.29, 1.82) is 0 Å². The van der Waals surface area contributed by atoms with Gasteiger partial charge in [-0.25, -0.2) is 0 Å². The second kappa shape index (κ2) is 5.50. The van der Waals surface area contributed by atoms with E-state index in [1.165, 1.54) is 0 Å². The molecule has 0 aliphatic heterocycles. The van der Waals surface area contributed by atoms with E-state index in [0.717, 1.165) is 21.6 Å². The van der Waals surface area contributed by atoms with E-state index in [1.54, 1.807) is 0 Å². The van der Waals surface area contributed by atoms with Gasteiger partial charge in [-0.15, -0.1) is 0 Å². The summed E-state index contributed by atoms with van der Waals surface area (Å²) in [4.78, 5) is 3.19. The van der Waals surface area contributed by atoms with E-state index in [2.05, 4.69) is 4.98 Å². The second-order valence-electron chi connectivity index (χ2n) is 3.46. The fourth-order valence-electron chi connectivity index (χ4n) is 1.27. The number of H-pyrrole nitrogens is 1. The molecule has 0 saturated carbocycles. The zero-order valence-corrected chi connectivity index (χ0v) is 10.7. The van der Waals surface area contributed by atoms with Gasteiger partial charge in [-0.05, 0) is 24.3 Å². The molecule has 1 aromatic heterocycles. The van der Waals surface area contributed by atoms with Gasteiger partial charge in [0.15, 0.2) is 0 Å². The van der Waals surface area contributed by atoms with Crippen LogP contribution < -0.4 is 5.73 Å². The molecule has 0 spiro atoms. The lowest BCUT2D eigenvalue weighted by Crippen LogP contribution is -1.94. The van der Waals surface area contributed by atoms with E-state index in [-0.39, 0.29) is 0 Å². The van der Waals surface area contributed by atoms with Gasteiger partial charge < -0.3 is 10.7 Å². The lowest BCUT2D eigenvalue weighted by atomic mass is 10.2. The molecule has 4 N–H and O–H groups in total. The first kappa shape index (κ1) is 14.0. The third-order valence-corrected chi connectivity index (χ3v) is 2.09. The van der Waals surface area contributed by atoms with Crippen LogP contribution in [0.4, 0.5) is 0 Å². The van der Waals surface area contributed by atoms with Gasteiger partial charge in [-0.3, -0.25) is 4.55 Å². The van der Waals surface area contributed by atoms with Gasteiger partial charge in [0.2, 0.25) is 0 Å². The summed E-state index contributed by atoms with van der Waals surface area (Å²) in [6, 6.07) is 7.76. The first-order valence-corrected chi connectivity index (χ1v) is 6.92. The fourth-order valence-corrected chi connectivity index (χ4v) is 1.45. The summed E-state index contributed by atoms with van der Waals surface area (Å²) in [5.41, 5.74) is 7.61. The van der Waals surface area contributed by atoms with E-state index < -0.39 is 10.1 Å². The van der Waals surface area contributed by atoms with Crippen LogP contribution in [-0.2, 0) is 16.7 Å². The number of benzene rings is 1. The highest BCUT2D eigenvalue weighted by Gasteiger charge is 1.98. The van der Waals surface area contributed by atoms with Gasteiger partial charge in [-0.2, -0.15) is 8.42 Å². The Balaban J connectivity index is 0.000000249. The normalized spacial score (nSPS) is 11.1. The Hall–Kier alpha value is -1.08. The average molecular weight is 277 g/mol. The highest BCUT2D eigenvalue weighted by molar-refractivity contribution is 7.85. The van der Waals surface area contributed by atoms with E-state index in [0.29, 0.717) is 12.8 Å². The molecule has 0 fully saturated rings. The molecule has 0 atom stereocenters. The summed E-state index contributed by atoms with van der Waals surface area (Å²) in [6.07, 6.45) is 0.715. The van der Waals surface area contributed by atoms with E-state index in [1.807, 2.05) is 24.3 Å². The SMILES string of the molecule is CS(=O)(=O)O.NCc1cc2cc(Cl)ccc2[nH]1. The number of rotatable bonds is 1. The number of hydrogen-bond donors (Lipinski definition) is 3. The highest BCUT2D eigenvalue weighted by Crippen LogP contribution is 2.19. The standard InChI is InChI=1S/C9H9ClN2.CH4O3S/c10-7-1-2-9-6(3-7)4-8(5-11)12-9;1-5(2,3)4/h1-4,12H,5,11H2;1H3,(H,2,3,4). The zero-order valence-electron chi connectivity index (χ0n) is 9.14. The molecule has 2 rings (SSSR count). The van der Waals surface area contributed by atoms with Gasteiger partial charge in [0.25, 0.3) is 10.1 Å². The molecule has 0 aliphatic rings. The molecule has 2 aromatic rings. The smallest absolute Gasteiger partial charge is 0.261 e. The van der Waals surface area contributed by atoms with E-state index in [4.69, 9.17) is 21.9 Å². The summed E-state index contributed by atoms with van der Waals surface area (Å²) in [6.45, 7) is 0.534. The number of nitrogens with one attached hydrogen (secondary N) is 1. The minimum Gasteiger partial charge on any atom is -0.357 e. The van der Waals surface area contributed by atoms with Crippen molar-refractivity contribution in [3.05, 3.63) is 35.0 Å². The van der Waals surface area contributed by atoms with Crippen molar-refractivity contribution in [3.8, 4) is 0 Å². The van der Waals surface area contributed by atoms with Crippen molar-refractivity contribution in [2.45, 2.75) is 6.54 Å². The Morgan fingerprint density at radius 2 is 2.00 bits per heavy atom. The summed E-state index contributed by atoms with van der Waals surface area (Å²) in [5.74, 6) is 0. The van der Waals surface area contributed by atoms with Gasteiger partial charge in [0.05, 0.1) is 6.26 Å². The Kier molecular flexibility index (Phi) is 4.53. The van der Waals surface area contributed by atoms with Gasteiger partial charge in [0.1, 0.15) is 0 Å². The molecule has 7 heteroatoms. The first-order valence-electron chi connectivity index (χ1n) is 4.69. The molecule has 5 nitrogen and oxygen atoms in total. The van der Waals surface area contributed by atoms with E-state index >= 15 is 0 Å². The maximum atomic E-state index is 9.19. The Morgan fingerprint density at radius 3 is 2.53 bits per heavy atom. The van der Waals surface area contributed by atoms with Crippen molar-refractivity contribution in [3.63, 3.8) is 0 Å². The van der Waals surface area contributed by atoms with Crippen molar-refractivity contribution in [2.24, 2.45) is 5.73 Å². The lowest BCUT2D eigenvalue weighted by molar-refractivity contribution is 0.490. The van der Waals surface area contributed by atoms with E-state index in [9.17, 15) is 8.42 Å². The number of nitrogens with two attached hydrogens (primary N) is 1. The summed E-state index contributed by atoms with van der Waals surface area (Å²) >= 11 is 5.83. The van der Waals surface area contributed by atoms with Gasteiger partial charge in [-0.1, -0.05) is 11.6 Å². The second-order valence-corrected chi connectivity index (χ2v) is 5.37. The largest absolute Gasteiger partial charge is 0.357 e. The highest BCUT2D eigenvalue weighted by atomic mass is 35.5. The predicted octanol–water partition coefficient (Wildman–Crippen LogP) is 1.78. The molecule has 17 heavy (non-hydrogen) atoms. The minimum absolute atomic E-state index is 0.534. The Bertz CT molecular complexity index is 599. The predicted molar refractivity (Wildman–Crippen MR) is 68.7 cm³/mol. The summed E-state index contributed by atoms with van der Waals surface area (Å²) < 4.78 is 25.9. The van der Waals surface area contributed by atoms with Crippen LogP contribution in [0.1, 0.15) is 5.69 Å². The van der Waals surface area contributed by atoms with Crippen LogP contribution in [0.2, 0.25) is 5.02 Å². The van der Waals surface area contributed by atoms with Crippen LogP contribution in [0.3, 0.4) is 0 Å². The number of hydrogen-bond acceptors (Lipinski definition) is 3. The number of halogens is 1. The van der Waals surface area contributed by atoms with Crippen LogP contribution in [0.15, 0.2) is 24.3 Å². The van der Waals surface area contributed by atoms with Crippen LogP contribution in [0, 0.1) is 0 Å².